The lowest BCUT2D eigenvalue weighted by molar-refractivity contribution is 0.412. The Kier molecular flexibility index (Phi) is 2.47. The first kappa shape index (κ1) is 9.27. The van der Waals surface area contributed by atoms with E-state index >= 15 is 0 Å². The highest BCUT2D eigenvalue weighted by Crippen LogP contribution is 2.32. The van der Waals surface area contributed by atoms with E-state index in [0.29, 0.717) is 0 Å². The summed E-state index contributed by atoms with van der Waals surface area (Å²) in [5.41, 5.74) is 0. The van der Waals surface area contributed by atoms with Crippen molar-refractivity contribution in [3.8, 4) is 5.75 Å². The first-order valence-electron chi connectivity index (χ1n) is 3.94. The largest absolute Gasteiger partial charge is 0.496 e. The van der Waals surface area contributed by atoms with Crippen molar-refractivity contribution in [2.75, 3.05) is 7.11 Å². The molecule has 0 aliphatic carbocycles. The summed E-state index contributed by atoms with van der Waals surface area (Å²) in [6.45, 7) is 2.13. The molecule has 0 fully saturated rings. The Morgan fingerprint density at radius 2 is 2.08 bits per heavy atom. The molecule has 13 heavy (non-hydrogen) atoms. The van der Waals surface area contributed by atoms with E-state index in [1.807, 2.05) is 11.3 Å². The summed E-state index contributed by atoms with van der Waals surface area (Å²) in [4.78, 5) is 1.35. The smallest absolute Gasteiger partial charge is 0.133 e. The number of hydrogen-bond acceptors (Lipinski definition) is 2. The van der Waals surface area contributed by atoms with Gasteiger partial charge < -0.3 is 4.74 Å². The van der Waals surface area contributed by atoms with Crippen molar-refractivity contribution in [2.45, 2.75) is 6.92 Å². The molecule has 1 aromatic heterocycles. The fourth-order valence-corrected chi connectivity index (χ4v) is 2.98. The second-order valence-electron chi connectivity index (χ2n) is 2.88. The van der Waals surface area contributed by atoms with Gasteiger partial charge in [0.1, 0.15) is 5.75 Å². The van der Waals surface area contributed by atoms with E-state index in [1.54, 1.807) is 7.11 Å². The van der Waals surface area contributed by atoms with E-state index in [9.17, 15) is 0 Å². The van der Waals surface area contributed by atoms with E-state index in [-0.39, 0.29) is 0 Å². The van der Waals surface area contributed by atoms with E-state index in [4.69, 9.17) is 4.74 Å². The first-order chi connectivity index (χ1) is 6.20. The number of hydrogen-bond donors (Lipinski definition) is 0. The number of aryl methyl sites for hydroxylation is 1. The van der Waals surface area contributed by atoms with Gasteiger partial charge in [-0.3, -0.25) is 0 Å². The van der Waals surface area contributed by atoms with Crippen LogP contribution in [0.25, 0.3) is 10.1 Å². The van der Waals surface area contributed by atoms with Crippen molar-refractivity contribution in [2.24, 2.45) is 0 Å². The van der Waals surface area contributed by atoms with Crippen LogP contribution in [-0.2, 0) is 0 Å². The highest BCUT2D eigenvalue weighted by Gasteiger charge is 2.04. The standard InChI is InChI=1S/C10H9IOS/c1-6-3-7-4-8(11)9(12-2)5-10(7)13-6/h3-5H,1-2H3. The predicted molar refractivity (Wildman–Crippen MR) is 65.8 cm³/mol. The fraction of sp³-hybridized carbons (Fsp3) is 0.200. The van der Waals surface area contributed by atoms with Gasteiger partial charge in [-0.25, -0.2) is 0 Å². The van der Waals surface area contributed by atoms with Crippen molar-refractivity contribution in [1.29, 1.82) is 0 Å². The quantitative estimate of drug-likeness (QED) is 0.728. The van der Waals surface area contributed by atoms with Crippen molar-refractivity contribution < 1.29 is 4.74 Å². The molecule has 0 atom stereocenters. The zero-order chi connectivity index (χ0) is 9.42. The number of ether oxygens (including phenoxy) is 1. The van der Waals surface area contributed by atoms with Crippen LogP contribution in [0.4, 0.5) is 0 Å². The molecule has 0 saturated carbocycles. The summed E-state index contributed by atoms with van der Waals surface area (Å²) in [6, 6.07) is 6.48. The minimum atomic E-state index is 0.968. The van der Waals surface area contributed by atoms with Crippen molar-refractivity contribution >= 4 is 44.0 Å². The summed E-state index contributed by atoms with van der Waals surface area (Å²) < 4.78 is 7.73. The number of halogens is 1. The Morgan fingerprint density at radius 3 is 2.77 bits per heavy atom. The molecule has 2 rings (SSSR count). The lowest BCUT2D eigenvalue weighted by Crippen LogP contribution is -1.84. The van der Waals surface area contributed by atoms with E-state index < -0.39 is 0 Å². The van der Waals surface area contributed by atoms with Crippen molar-refractivity contribution in [3.05, 3.63) is 26.6 Å². The van der Waals surface area contributed by atoms with E-state index in [2.05, 4.69) is 47.7 Å². The van der Waals surface area contributed by atoms with Gasteiger partial charge >= 0.3 is 0 Å². The Balaban J connectivity index is 2.72. The summed E-state index contributed by atoms with van der Waals surface area (Å²) >= 11 is 4.10. The van der Waals surface area contributed by atoms with Gasteiger partial charge in [0.2, 0.25) is 0 Å². The Hall–Kier alpha value is -0.290. The molecule has 0 radical (unpaired) electrons. The molecule has 0 aliphatic heterocycles. The topological polar surface area (TPSA) is 9.23 Å². The number of methoxy groups -OCH3 is 1. The third-order valence-corrected chi connectivity index (χ3v) is 3.77. The molecule has 1 aromatic carbocycles. The lowest BCUT2D eigenvalue weighted by atomic mass is 10.2. The van der Waals surface area contributed by atoms with Crippen molar-refractivity contribution in [1.82, 2.24) is 0 Å². The lowest BCUT2D eigenvalue weighted by Gasteiger charge is -2.01. The molecule has 3 heteroatoms. The third-order valence-electron chi connectivity index (χ3n) is 1.91. The summed E-state index contributed by atoms with van der Waals surface area (Å²) in [5, 5.41) is 1.31. The van der Waals surface area contributed by atoms with Crippen LogP contribution in [0.1, 0.15) is 4.88 Å². The summed E-state index contributed by atoms with van der Waals surface area (Å²) in [7, 11) is 1.71. The van der Waals surface area contributed by atoms with Gasteiger partial charge in [0.05, 0.1) is 10.7 Å². The van der Waals surface area contributed by atoms with Gasteiger partial charge in [0, 0.05) is 9.58 Å². The minimum Gasteiger partial charge on any atom is -0.496 e. The molecule has 0 N–H and O–H groups in total. The van der Waals surface area contributed by atoms with Crippen LogP contribution < -0.4 is 4.74 Å². The van der Waals surface area contributed by atoms with Gasteiger partial charge in [0.15, 0.2) is 0 Å². The van der Waals surface area contributed by atoms with Crippen LogP contribution in [0.15, 0.2) is 18.2 Å². The van der Waals surface area contributed by atoms with E-state index in [1.165, 1.54) is 18.5 Å². The average Bonchev–Trinajstić information content (AvgIpc) is 2.42. The Labute approximate surface area is 94.9 Å². The average molecular weight is 304 g/mol. The number of rotatable bonds is 1. The molecule has 0 saturated heterocycles. The van der Waals surface area contributed by atoms with Crippen molar-refractivity contribution in [3.63, 3.8) is 0 Å². The number of thiophene rings is 1. The first-order valence-corrected chi connectivity index (χ1v) is 5.84. The minimum absolute atomic E-state index is 0.968. The van der Waals surface area contributed by atoms with Gasteiger partial charge in [-0.1, -0.05) is 0 Å². The Morgan fingerprint density at radius 1 is 1.31 bits per heavy atom. The molecule has 0 aliphatic rings. The van der Waals surface area contributed by atoms with Crippen LogP contribution >= 0.6 is 33.9 Å². The van der Waals surface area contributed by atoms with Crippen LogP contribution in [0.5, 0.6) is 5.75 Å². The maximum Gasteiger partial charge on any atom is 0.133 e. The number of benzene rings is 1. The predicted octanol–water partition coefficient (Wildman–Crippen LogP) is 3.82. The molecule has 68 valence electrons. The second-order valence-corrected chi connectivity index (χ2v) is 5.33. The third kappa shape index (κ3) is 1.67. The normalized spacial score (nSPS) is 10.7. The second kappa shape index (κ2) is 3.46. The fourth-order valence-electron chi connectivity index (χ4n) is 1.33. The highest BCUT2D eigenvalue weighted by atomic mass is 127. The van der Waals surface area contributed by atoms with E-state index in [0.717, 1.165) is 5.75 Å². The summed E-state index contributed by atoms with van der Waals surface area (Å²) in [5.74, 6) is 0.968. The zero-order valence-electron chi connectivity index (χ0n) is 7.43. The van der Waals surface area contributed by atoms with Crippen LogP contribution in [-0.4, -0.2) is 7.11 Å². The molecule has 2 aromatic rings. The van der Waals surface area contributed by atoms with Crippen LogP contribution in [0, 0.1) is 10.5 Å². The molecule has 0 unspecified atom stereocenters. The SMILES string of the molecule is COc1cc2sc(C)cc2cc1I. The van der Waals surface area contributed by atoms with Gasteiger partial charge in [-0.05, 0) is 53.1 Å². The molecule has 1 heterocycles. The van der Waals surface area contributed by atoms with Gasteiger partial charge in [0.25, 0.3) is 0 Å². The molecule has 0 bridgehead atoms. The number of fused-ring (bicyclic) bond motifs is 1. The van der Waals surface area contributed by atoms with Crippen LogP contribution in [0.2, 0.25) is 0 Å². The summed E-state index contributed by atoms with van der Waals surface area (Å²) in [6.07, 6.45) is 0. The monoisotopic (exact) mass is 304 g/mol. The molecule has 1 nitrogen and oxygen atoms in total. The van der Waals surface area contributed by atoms with Gasteiger partial charge in [-0.2, -0.15) is 0 Å². The molecule has 0 amide bonds. The maximum absolute atomic E-state index is 5.26. The van der Waals surface area contributed by atoms with Crippen LogP contribution in [0.3, 0.4) is 0 Å². The Bertz CT molecular complexity index is 447. The molecular formula is C10H9IOS. The maximum atomic E-state index is 5.26. The molecular weight excluding hydrogens is 295 g/mol. The molecule has 0 spiro atoms. The highest BCUT2D eigenvalue weighted by molar-refractivity contribution is 14.1. The zero-order valence-corrected chi connectivity index (χ0v) is 10.4. The van der Waals surface area contributed by atoms with Gasteiger partial charge in [-0.15, -0.1) is 11.3 Å².